The van der Waals surface area contributed by atoms with Gasteiger partial charge < -0.3 is 5.32 Å². The first-order chi connectivity index (χ1) is 9.62. The van der Waals surface area contributed by atoms with E-state index in [0.29, 0.717) is 18.8 Å². The van der Waals surface area contributed by atoms with Crippen molar-refractivity contribution in [1.82, 2.24) is 4.31 Å². The number of anilines is 1. The van der Waals surface area contributed by atoms with Crippen molar-refractivity contribution in [1.29, 1.82) is 0 Å². The Hall–Kier alpha value is -0.530. The quantitative estimate of drug-likeness (QED) is 0.807. The summed E-state index contributed by atoms with van der Waals surface area (Å²) in [7, 11) is -3.53. The molecule has 0 bridgehead atoms. The number of hydrogen-bond donors (Lipinski definition) is 1. The van der Waals surface area contributed by atoms with Crippen LogP contribution in [0.1, 0.15) is 13.8 Å². The minimum Gasteiger partial charge on any atom is -0.322 e. The molecule has 0 fully saturated rings. The van der Waals surface area contributed by atoms with E-state index in [4.69, 9.17) is 34.8 Å². The average molecular weight is 374 g/mol. The number of sulfonamides is 1. The molecule has 0 heterocycles. The van der Waals surface area contributed by atoms with Crippen LogP contribution in [-0.2, 0) is 14.8 Å². The molecule has 0 saturated carbocycles. The predicted molar refractivity (Wildman–Crippen MR) is 85.5 cm³/mol. The minimum absolute atomic E-state index is 0.137. The highest BCUT2D eigenvalue weighted by atomic mass is 35.6. The zero-order valence-electron chi connectivity index (χ0n) is 11.4. The summed E-state index contributed by atoms with van der Waals surface area (Å²) < 4.78 is 23.8. The Kier molecular flexibility index (Phi) is 6.31. The van der Waals surface area contributed by atoms with Gasteiger partial charge in [0.25, 0.3) is 9.70 Å². The fourth-order valence-electron chi connectivity index (χ4n) is 1.62. The number of nitrogens with one attached hydrogen (secondary N) is 1. The summed E-state index contributed by atoms with van der Waals surface area (Å²) in [6, 6.07) is 5.65. The van der Waals surface area contributed by atoms with Gasteiger partial charge in [0.2, 0.25) is 10.0 Å². The topological polar surface area (TPSA) is 66.5 Å². The molecule has 0 aliphatic carbocycles. The Morgan fingerprint density at radius 2 is 1.62 bits per heavy atom. The van der Waals surface area contributed by atoms with Crippen molar-refractivity contribution in [2.45, 2.75) is 22.5 Å². The molecule has 1 rings (SSSR count). The lowest BCUT2D eigenvalue weighted by Crippen LogP contribution is -2.30. The van der Waals surface area contributed by atoms with Gasteiger partial charge in [0.05, 0.1) is 4.90 Å². The second-order valence-electron chi connectivity index (χ2n) is 4.07. The molecule has 0 aromatic heterocycles. The summed E-state index contributed by atoms with van der Waals surface area (Å²) >= 11 is 16.3. The molecule has 0 radical (unpaired) electrons. The van der Waals surface area contributed by atoms with E-state index in [2.05, 4.69) is 5.32 Å². The van der Waals surface area contributed by atoms with E-state index in [-0.39, 0.29) is 4.90 Å². The summed E-state index contributed by atoms with van der Waals surface area (Å²) in [6.07, 6.45) is 0. The van der Waals surface area contributed by atoms with Crippen molar-refractivity contribution < 1.29 is 13.2 Å². The van der Waals surface area contributed by atoms with Crippen LogP contribution in [0.3, 0.4) is 0 Å². The number of hydrogen-bond acceptors (Lipinski definition) is 3. The Balaban J connectivity index is 2.96. The molecule has 1 amide bonds. The predicted octanol–water partition coefficient (Wildman–Crippen LogP) is 3.03. The molecule has 0 aliphatic rings. The average Bonchev–Trinajstić information content (AvgIpc) is 2.39. The first-order valence-corrected chi connectivity index (χ1v) is 8.68. The summed E-state index contributed by atoms with van der Waals surface area (Å²) in [6.45, 7) is 4.28. The van der Waals surface area contributed by atoms with Crippen molar-refractivity contribution in [2.75, 3.05) is 18.4 Å². The normalized spacial score (nSPS) is 12.5. The second-order valence-corrected chi connectivity index (χ2v) is 8.28. The van der Waals surface area contributed by atoms with Crippen LogP contribution in [-0.4, -0.2) is 35.5 Å². The van der Waals surface area contributed by atoms with Crippen LogP contribution in [0.5, 0.6) is 0 Å². The second kappa shape index (κ2) is 7.15. The first-order valence-electron chi connectivity index (χ1n) is 6.11. The summed E-state index contributed by atoms with van der Waals surface area (Å²) in [4.78, 5) is 11.6. The Morgan fingerprint density at radius 3 is 2.00 bits per heavy atom. The highest BCUT2D eigenvalue weighted by Crippen LogP contribution is 2.28. The number of benzene rings is 1. The third kappa shape index (κ3) is 4.72. The molecule has 0 spiro atoms. The lowest BCUT2D eigenvalue weighted by Gasteiger charge is -2.18. The Bertz CT molecular complexity index is 593. The highest BCUT2D eigenvalue weighted by molar-refractivity contribution is 7.89. The maximum Gasteiger partial charge on any atom is 0.276 e. The van der Waals surface area contributed by atoms with Gasteiger partial charge in [0, 0.05) is 18.8 Å². The third-order valence-electron chi connectivity index (χ3n) is 2.71. The molecule has 0 saturated heterocycles. The van der Waals surface area contributed by atoms with Crippen molar-refractivity contribution in [2.24, 2.45) is 0 Å². The number of halogens is 3. The maximum absolute atomic E-state index is 12.3. The van der Waals surface area contributed by atoms with Crippen molar-refractivity contribution >= 4 is 56.4 Å². The smallest absolute Gasteiger partial charge is 0.276 e. The van der Waals surface area contributed by atoms with Crippen molar-refractivity contribution in [3.05, 3.63) is 24.3 Å². The van der Waals surface area contributed by atoms with Crippen LogP contribution in [0, 0.1) is 0 Å². The molecule has 0 aliphatic heterocycles. The van der Waals surface area contributed by atoms with Crippen LogP contribution in [0.15, 0.2) is 29.2 Å². The minimum atomic E-state index is -3.53. The third-order valence-corrected chi connectivity index (χ3v) is 5.29. The number of amides is 1. The highest BCUT2D eigenvalue weighted by Gasteiger charge is 2.30. The largest absolute Gasteiger partial charge is 0.322 e. The zero-order chi connectivity index (χ0) is 16.3. The van der Waals surface area contributed by atoms with E-state index in [1.807, 2.05) is 0 Å². The van der Waals surface area contributed by atoms with E-state index in [0.717, 1.165) is 0 Å². The monoisotopic (exact) mass is 372 g/mol. The van der Waals surface area contributed by atoms with Crippen LogP contribution in [0.4, 0.5) is 5.69 Å². The van der Waals surface area contributed by atoms with Gasteiger partial charge in [-0.2, -0.15) is 4.31 Å². The van der Waals surface area contributed by atoms with Gasteiger partial charge in [-0.05, 0) is 24.3 Å². The molecule has 1 aromatic carbocycles. The van der Waals surface area contributed by atoms with Crippen LogP contribution < -0.4 is 5.32 Å². The first kappa shape index (κ1) is 18.5. The SMILES string of the molecule is CCN(CC)S(=O)(=O)c1ccc(NC(=O)C(Cl)(Cl)Cl)cc1. The standard InChI is InChI=1S/C12H15Cl3N2O3S/c1-3-17(4-2)21(19,20)10-7-5-9(6-8-10)16-11(18)12(13,14)15/h5-8H,3-4H2,1-2H3,(H,16,18). The number of alkyl halides is 3. The van der Waals surface area contributed by atoms with Crippen LogP contribution in [0.25, 0.3) is 0 Å². The van der Waals surface area contributed by atoms with E-state index >= 15 is 0 Å². The molecule has 118 valence electrons. The molecular weight excluding hydrogens is 359 g/mol. The fraction of sp³-hybridized carbons (Fsp3) is 0.417. The van der Waals surface area contributed by atoms with Gasteiger partial charge >= 0.3 is 0 Å². The Labute approximate surface area is 139 Å². The fourth-order valence-corrected chi connectivity index (χ4v) is 3.22. The molecule has 0 atom stereocenters. The van der Waals surface area contributed by atoms with E-state index in [9.17, 15) is 13.2 Å². The van der Waals surface area contributed by atoms with Gasteiger partial charge in [-0.25, -0.2) is 8.42 Å². The van der Waals surface area contributed by atoms with Gasteiger partial charge in [0.1, 0.15) is 0 Å². The van der Waals surface area contributed by atoms with E-state index in [1.165, 1.54) is 28.6 Å². The lowest BCUT2D eigenvalue weighted by molar-refractivity contribution is -0.115. The summed E-state index contributed by atoms with van der Waals surface area (Å²) in [5.74, 6) is -0.813. The van der Waals surface area contributed by atoms with E-state index in [1.54, 1.807) is 13.8 Å². The van der Waals surface area contributed by atoms with Crippen LogP contribution >= 0.6 is 34.8 Å². The summed E-state index contributed by atoms with van der Waals surface area (Å²) in [5.41, 5.74) is 0.338. The Morgan fingerprint density at radius 1 is 1.14 bits per heavy atom. The molecule has 1 aromatic rings. The number of carbonyl (C=O) groups is 1. The zero-order valence-corrected chi connectivity index (χ0v) is 14.5. The summed E-state index contributed by atoms with van der Waals surface area (Å²) in [5, 5.41) is 2.37. The van der Waals surface area contributed by atoms with Gasteiger partial charge in [0.15, 0.2) is 0 Å². The maximum atomic E-state index is 12.3. The van der Waals surface area contributed by atoms with Gasteiger partial charge in [-0.1, -0.05) is 48.7 Å². The van der Waals surface area contributed by atoms with Crippen molar-refractivity contribution in [3.8, 4) is 0 Å². The number of nitrogens with zero attached hydrogens (tertiary/aromatic N) is 1. The van der Waals surface area contributed by atoms with Crippen LogP contribution in [0.2, 0.25) is 0 Å². The number of carbonyl (C=O) groups excluding carboxylic acids is 1. The van der Waals surface area contributed by atoms with Gasteiger partial charge in [-0.15, -0.1) is 0 Å². The molecule has 21 heavy (non-hydrogen) atoms. The molecular formula is C12H15Cl3N2O3S. The molecule has 1 N–H and O–H groups in total. The van der Waals surface area contributed by atoms with E-state index < -0.39 is 19.7 Å². The van der Waals surface area contributed by atoms with Gasteiger partial charge in [-0.3, -0.25) is 4.79 Å². The number of rotatable bonds is 5. The molecule has 0 unspecified atom stereocenters. The van der Waals surface area contributed by atoms with Crippen molar-refractivity contribution in [3.63, 3.8) is 0 Å². The molecule has 5 nitrogen and oxygen atoms in total. The molecule has 9 heteroatoms. The lowest BCUT2D eigenvalue weighted by atomic mass is 10.3.